The predicted octanol–water partition coefficient (Wildman–Crippen LogP) is 2.49. The molecule has 0 aliphatic carbocycles. The highest BCUT2D eigenvalue weighted by molar-refractivity contribution is 5.98. The predicted molar refractivity (Wildman–Crippen MR) is 84.1 cm³/mol. The van der Waals surface area contributed by atoms with Crippen LogP contribution in [0.5, 0.6) is 0 Å². The molecule has 0 spiro atoms. The zero-order chi connectivity index (χ0) is 16.1. The Hall–Kier alpha value is -2.87. The number of hydrogen-bond acceptors (Lipinski definition) is 4. The van der Waals surface area contributed by atoms with Gasteiger partial charge in [0.25, 0.3) is 0 Å². The van der Waals surface area contributed by atoms with E-state index in [-0.39, 0.29) is 17.6 Å². The topological polar surface area (TPSA) is 72.1 Å². The molecule has 0 saturated carbocycles. The van der Waals surface area contributed by atoms with E-state index in [0.29, 0.717) is 17.5 Å². The van der Waals surface area contributed by atoms with E-state index < -0.39 is 5.97 Å². The van der Waals surface area contributed by atoms with E-state index in [1.165, 1.54) is 6.08 Å². The van der Waals surface area contributed by atoms with Crippen LogP contribution in [0, 0.1) is 11.3 Å². The first-order valence-electron chi connectivity index (χ1n) is 7.03. The van der Waals surface area contributed by atoms with Crippen molar-refractivity contribution in [3.05, 3.63) is 51.8 Å². The van der Waals surface area contributed by atoms with E-state index in [2.05, 4.69) is 0 Å². The molecular weight excluding hydrogens is 280 g/mol. The lowest BCUT2D eigenvalue weighted by Crippen LogP contribution is -2.13. The Morgan fingerprint density at radius 3 is 2.73 bits per heavy atom. The molecule has 5 heteroatoms. The number of benzene rings is 1. The number of esters is 1. The molecule has 22 heavy (non-hydrogen) atoms. The van der Waals surface area contributed by atoms with Gasteiger partial charge < -0.3 is 9.30 Å². The second-order valence-corrected chi connectivity index (χ2v) is 4.61. The van der Waals surface area contributed by atoms with Crippen LogP contribution in [0.1, 0.15) is 19.4 Å². The molecule has 1 aromatic carbocycles. The average molecular weight is 296 g/mol. The lowest BCUT2D eigenvalue weighted by molar-refractivity contribution is -0.137. The molecule has 0 saturated heterocycles. The minimum Gasteiger partial charge on any atom is -0.462 e. The van der Waals surface area contributed by atoms with Crippen molar-refractivity contribution in [1.82, 2.24) is 4.57 Å². The standard InChI is InChI=1S/C17H16N2O3/c1-3-19-11-13(9-12(10-18)17(21)22-4-2)16(20)14-7-5-6-8-15(14)19/h5-9,11H,3-4H2,1-2H3/b12-9+. The number of carbonyl (C=O) groups excluding carboxylic acids is 1. The molecule has 0 fully saturated rings. The molecule has 0 amide bonds. The number of carbonyl (C=O) groups is 1. The zero-order valence-electron chi connectivity index (χ0n) is 12.5. The molecule has 2 rings (SSSR count). The van der Waals surface area contributed by atoms with Crippen LogP contribution in [0.25, 0.3) is 17.0 Å². The maximum absolute atomic E-state index is 12.5. The van der Waals surface area contributed by atoms with Crippen LogP contribution in [0.3, 0.4) is 0 Å². The first kappa shape index (κ1) is 15.5. The molecule has 0 bridgehead atoms. The summed E-state index contributed by atoms with van der Waals surface area (Å²) in [5.41, 5.74) is 0.723. The summed E-state index contributed by atoms with van der Waals surface area (Å²) in [4.78, 5) is 24.2. The number of hydrogen-bond donors (Lipinski definition) is 0. The first-order chi connectivity index (χ1) is 10.6. The van der Waals surface area contributed by atoms with Gasteiger partial charge in [0.2, 0.25) is 0 Å². The Balaban J connectivity index is 2.66. The second-order valence-electron chi connectivity index (χ2n) is 4.61. The van der Waals surface area contributed by atoms with Crippen molar-refractivity contribution >= 4 is 22.9 Å². The summed E-state index contributed by atoms with van der Waals surface area (Å²) in [5, 5.41) is 9.64. The van der Waals surface area contributed by atoms with Crippen molar-refractivity contribution in [3.8, 4) is 6.07 Å². The van der Waals surface area contributed by atoms with Gasteiger partial charge in [0, 0.05) is 23.7 Å². The van der Waals surface area contributed by atoms with Crippen LogP contribution >= 0.6 is 0 Å². The van der Waals surface area contributed by atoms with E-state index in [0.717, 1.165) is 5.52 Å². The molecule has 112 valence electrons. The fourth-order valence-corrected chi connectivity index (χ4v) is 2.23. The van der Waals surface area contributed by atoms with Crippen molar-refractivity contribution in [2.45, 2.75) is 20.4 Å². The van der Waals surface area contributed by atoms with Crippen LogP contribution in [0.4, 0.5) is 0 Å². The Morgan fingerprint density at radius 2 is 2.09 bits per heavy atom. The fourth-order valence-electron chi connectivity index (χ4n) is 2.23. The fraction of sp³-hybridized carbons (Fsp3) is 0.235. The number of aromatic nitrogens is 1. The van der Waals surface area contributed by atoms with Crippen LogP contribution in [-0.4, -0.2) is 17.1 Å². The summed E-state index contributed by atoms with van der Waals surface area (Å²) in [6.45, 7) is 4.46. The third kappa shape index (κ3) is 2.91. The molecule has 0 atom stereocenters. The number of fused-ring (bicyclic) bond motifs is 1. The molecule has 5 nitrogen and oxygen atoms in total. The summed E-state index contributed by atoms with van der Waals surface area (Å²) in [6.07, 6.45) is 2.94. The normalized spacial score (nSPS) is 11.2. The van der Waals surface area contributed by atoms with Gasteiger partial charge in [-0.3, -0.25) is 4.79 Å². The van der Waals surface area contributed by atoms with E-state index >= 15 is 0 Å². The highest BCUT2D eigenvalue weighted by Crippen LogP contribution is 2.13. The van der Waals surface area contributed by atoms with Gasteiger partial charge in [0.1, 0.15) is 11.6 Å². The van der Waals surface area contributed by atoms with Gasteiger partial charge in [-0.2, -0.15) is 5.26 Å². The largest absolute Gasteiger partial charge is 0.462 e. The highest BCUT2D eigenvalue weighted by atomic mass is 16.5. The third-order valence-electron chi connectivity index (χ3n) is 3.27. The van der Waals surface area contributed by atoms with Crippen LogP contribution in [0.15, 0.2) is 40.8 Å². The first-order valence-corrected chi connectivity index (χ1v) is 7.03. The van der Waals surface area contributed by atoms with Crippen molar-refractivity contribution in [1.29, 1.82) is 5.26 Å². The number of rotatable bonds is 4. The molecule has 0 unspecified atom stereocenters. The van der Waals surface area contributed by atoms with Gasteiger partial charge in [-0.15, -0.1) is 0 Å². The average Bonchev–Trinajstić information content (AvgIpc) is 2.54. The molecule has 0 radical (unpaired) electrons. The van der Waals surface area contributed by atoms with Gasteiger partial charge in [-0.1, -0.05) is 12.1 Å². The summed E-state index contributed by atoms with van der Waals surface area (Å²) in [6, 6.07) is 9.03. The number of aryl methyl sites for hydroxylation is 1. The molecule has 1 heterocycles. The lowest BCUT2D eigenvalue weighted by Gasteiger charge is -2.10. The number of ether oxygens (including phenoxy) is 1. The van der Waals surface area contributed by atoms with Gasteiger partial charge in [-0.05, 0) is 32.1 Å². The summed E-state index contributed by atoms with van der Waals surface area (Å²) in [7, 11) is 0. The SMILES string of the molecule is CCOC(=O)/C(C#N)=C/c1cn(CC)c2ccccc2c1=O. The maximum Gasteiger partial charge on any atom is 0.348 e. The van der Waals surface area contributed by atoms with Crippen molar-refractivity contribution < 1.29 is 9.53 Å². The summed E-state index contributed by atoms with van der Waals surface area (Å²) < 4.78 is 6.72. The molecule has 0 N–H and O–H groups in total. The second kappa shape index (κ2) is 6.72. The quantitative estimate of drug-likeness (QED) is 0.493. The Bertz CT molecular complexity index is 841. The van der Waals surface area contributed by atoms with E-state index in [9.17, 15) is 9.59 Å². The van der Waals surface area contributed by atoms with Gasteiger partial charge in [0.15, 0.2) is 5.43 Å². The van der Waals surface area contributed by atoms with Gasteiger partial charge in [0.05, 0.1) is 12.1 Å². The Labute approximate surface area is 128 Å². The van der Waals surface area contributed by atoms with E-state index in [4.69, 9.17) is 10.00 Å². The van der Waals surface area contributed by atoms with Crippen molar-refractivity contribution in [2.75, 3.05) is 6.61 Å². The molecule has 0 aliphatic rings. The highest BCUT2D eigenvalue weighted by Gasteiger charge is 2.13. The Kier molecular flexibility index (Phi) is 4.74. The number of nitrogens with zero attached hydrogens (tertiary/aromatic N) is 2. The molecule has 0 aliphatic heterocycles. The number of para-hydroxylation sites is 1. The van der Waals surface area contributed by atoms with Crippen molar-refractivity contribution in [2.24, 2.45) is 0 Å². The maximum atomic E-state index is 12.5. The summed E-state index contributed by atoms with van der Waals surface area (Å²) in [5.74, 6) is -0.722. The molecular formula is C17H16N2O3. The summed E-state index contributed by atoms with van der Waals surface area (Å²) >= 11 is 0. The van der Waals surface area contributed by atoms with Crippen LogP contribution < -0.4 is 5.43 Å². The minimum absolute atomic E-state index is 0.175. The molecule has 1 aromatic heterocycles. The van der Waals surface area contributed by atoms with Gasteiger partial charge in [-0.25, -0.2) is 4.79 Å². The van der Waals surface area contributed by atoms with E-state index in [1.807, 2.05) is 23.6 Å². The molecule has 2 aromatic rings. The Morgan fingerprint density at radius 1 is 1.36 bits per heavy atom. The van der Waals surface area contributed by atoms with Crippen LogP contribution in [0.2, 0.25) is 0 Å². The third-order valence-corrected chi connectivity index (χ3v) is 3.27. The lowest BCUT2D eigenvalue weighted by atomic mass is 10.1. The smallest absolute Gasteiger partial charge is 0.348 e. The number of pyridine rings is 1. The van der Waals surface area contributed by atoms with Crippen LogP contribution in [-0.2, 0) is 16.1 Å². The zero-order valence-corrected chi connectivity index (χ0v) is 12.5. The minimum atomic E-state index is -0.722. The monoisotopic (exact) mass is 296 g/mol. The van der Waals surface area contributed by atoms with E-state index in [1.54, 1.807) is 31.3 Å². The van der Waals surface area contributed by atoms with Crippen molar-refractivity contribution in [3.63, 3.8) is 0 Å². The number of nitriles is 1. The van der Waals surface area contributed by atoms with Gasteiger partial charge >= 0.3 is 5.97 Å².